The second-order valence-electron chi connectivity index (χ2n) is 3.81. The van der Waals surface area contributed by atoms with E-state index in [1.54, 1.807) is 11.3 Å². The van der Waals surface area contributed by atoms with E-state index in [0.717, 1.165) is 0 Å². The Morgan fingerprint density at radius 1 is 1.54 bits per heavy atom. The van der Waals surface area contributed by atoms with Crippen molar-refractivity contribution in [2.24, 2.45) is 0 Å². The van der Waals surface area contributed by atoms with Crippen LogP contribution >= 0.6 is 11.3 Å². The van der Waals surface area contributed by atoms with Crippen molar-refractivity contribution in [1.29, 1.82) is 0 Å². The maximum absolute atomic E-state index is 5.54. The molecule has 1 saturated heterocycles. The Labute approximate surface area is 83.7 Å². The van der Waals surface area contributed by atoms with Crippen molar-refractivity contribution in [2.45, 2.75) is 44.8 Å². The predicted molar refractivity (Wildman–Crippen MR) is 56.3 cm³/mol. The van der Waals surface area contributed by atoms with Gasteiger partial charge in [0.1, 0.15) is 0 Å². The zero-order valence-corrected chi connectivity index (χ0v) is 9.01. The lowest BCUT2D eigenvalue weighted by molar-refractivity contribution is 0.353. The summed E-state index contributed by atoms with van der Waals surface area (Å²) in [5.74, 6) is 0.660. The predicted octanol–water partition coefficient (Wildman–Crippen LogP) is 3.42. The van der Waals surface area contributed by atoms with Crippen LogP contribution < -0.4 is 0 Å². The van der Waals surface area contributed by atoms with Crippen LogP contribution in [0.2, 0.25) is 0 Å². The SMILES string of the molecule is CCC1OC1CC(C)c1ccsc1. The van der Waals surface area contributed by atoms with E-state index in [0.29, 0.717) is 18.1 Å². The maximum Gasteiger partial charge on any atom is 0.0847 e. The average molecular weight is 196 g/mol. The summed E-state index contributed by atoms with van der Waals surface area (Å²) in [5, 5.41) is 4.39. The van der Waals surface area contributed by atoms with Crippen LogP contribution in [0.5, 0.6) is 0 Å². The highest BCUT2D eigenvalue weighted by Crippen LogP contribution is 2.34. The van der Waals surface area contributed by atoms with Crippen LogP contribution in [0.3, 0.4) is 0 Å². The molecular weight excluding hydrogens is 180 g/mol. The quantitative estimate of drug-likeness (QED) is 0.672. The molecule has 1 aliphatic rings. The van der Waals surface area contributed by atoms with Gasteiger partial charge in [0.05, 0.1) is 12.2 Å². The molecule has 1 aromatic heterocycles. The van der Waals surface area contributed by atoms with Crippen molar-refractivity contribution in [2.75, 3.05) is 0 Å². The molecule has 1 nitrogen and oxygen atoms in total. The molecule has 0 N–H and O–H groups in total. The number of thiophene rings is 1. The van der Waals surface area contributed by atoms with Gasteiger partial charge < -0.3 is 4.74 Å². The molecule has 0 aliphatic carbocycles. The zero-order valence-electron chi connectivity index (χ0n) is 8.19. The molecule has 72 valence electrons. The fourth-order valence-corrected chi connectivity index (χ4v) is 2.57. The fourth-order valence-electron chi connectivity index (χ4n) is 1.79. The van der Waals surface area contributed by atoms with Gasteiger partial charge in [0.15, 0.2) is 0 Å². The maximum atomic E-state index is 5.54. The van der Waals surface area contributed by atoms with Gasteiger partial charge in [-0.15, -0.1) is 0 Å². The largest absolute Gasteiger partial charge is 0.370 e. The molecule has 2 heterocycles. The Morgan fingerprint density at radius 3 is 2.92 bits per heavy atom. The Bertz CT molecular complexity index is 255. The first kappa shape index (κ1) is 9.22. The van der Waals surface area contributed by atoms with Crippen LogP contribution in [0.15, 0.2) is 16.8 Å². The van der Waals surface area contributed by atoms with Crippen molar-refractivity contribution in [3.63, 3.8) is 0 Å². The fraction of sp³-hybridized carbons (Fsp3) is 0.636. The van der Waals surface area contributed by atoms with Crippen LogP contribution in [-0.4, -0.2) is 12.2 Å². The lowest BCUT2D eigenvalue weighted by Crippen LogP contribution is -1.99. The van der Waals surface area contributed by atoms with E-state index in [1.807, 2.05) is 0 Å². The smallest absolute Gasteiger partial charge is 0.0847 e. The Morgan fingerprint density at radius 2 is 2.38 bits per heavy atom. The molecule has 1 fully saturated rings. The molecule has 0 spiro atoms. The van der Waals surface area contributed by atoms with Gasteiger partial charge in [-0.2, -0.15) is 11.3 Å². The third-order valence-corrected chi connectivity index (χ3v) is 3.49. The first-order chi connectivity index (χ1) is 6.31. The van der Waals surface area contributed by atoms with Crippen molar-refractivity contribution >= 4 is 11.3 Å². The van der Waals surface area contributed by atoms with E-state index in [2.05, 4.69) is 30.7 Å². The van der Waals surface area contributed by atoms with E-state index in [9.17, 15) is 0 Å². The van der Waals surface area contributed by atoms with E-state index < -0.39 is 0 Å². The normalized spacial score (nSPS) is 28.8. The first-order valence-corrected chi connectivity index (χ1v) is 5.93. The monoisotopic (exact) mass is 196 g/mol. The third kappa shape index (κ3) is 2.12. The summed E-state index contributed by atoms with van der Waals surface area (Å²) in [6, 6.07) is 2.22. The summed E-state index contributed by atoms with van der Waals surface area (Å²) >= 11 is 1.78. The first-order valence-electron chi connectivity index (χ1n) is 4.98. The van der Waals surface area contributed by atoms with Crippen molar-refractivity contribution in [1.82, 2.24) is 0 Å². The van der Waals surface area contributed by atoms with Gasteiger partial charge >= 0.3 is 0 Å². The summed E-state index contributed by atoms with van der Waals surface area (Å²) in [6.45, 7) is 4.48. The molecule has 2 rings (SSSR count). The minimum absolute atomic E-state index is 0.542. The van der Waals surface area contributed by atoms with Gasteiger partial charge in [0.2, 0.25) is 0 Å². The molecule has 3 unspecified atom stereocenters. The highest BCUT2D eigenvalue weighted by molar-refractivity contribution is 7.07. The minimum atomic E-state index is 0.542. The molecule has 2 heteroatoms. The van der Waals surface area contributed by atoms with Crippen molar-refractivity contribution < 1.29 is 4.74 Å². The van der Waals surface area contributed by atoms with E-state index >= 15 is 0 Å². The Balaban J connectivity index is 1.83. The third-order valence-electron chi connectivity index (χ3n) is 2.79. The van der Waals surface area contributed by atoms with E-state index in [1.165, 1.54) is 18.4 Å². The summed E-state index contributed by atoms with van der Waals surface area (Å²) in [4.78, 5) is 0. The van der Waals surface area contributed by atoms with Gasteiger partial charge in [0.25, 0.3) is 0 Å². The van der Waals surface area contributed by atoms with Crippen molar-refractivity contribution in [3.05, 3.63) is 22.4 Å². The molecule has 0 radical (unpaired) electrons. The highest BCUT2D eigenvalue weighted by Gasteiger charge is 2.37. The summed E-state index contributed by atoms with van der Waals surface area (Å²) in [5.41, 5.74) is 1.47. The standard InChI is InChI=1S/C11H16OS/c1-3-10-11(12-10)6-8(2)9-4-5-13-7-9/h4-5,7-8,10-11H,3,6H2,1-2H3. The van der Waals surface area contributed by atoms with Gasteiger partial charge in [-0.05, 0) is 41.1 Å². The number of ether oxygens (including phenoxy) is 1. The van der Waals surface area contributed by atoms with Gasteiger partial charge in [-0.3, -0.25) is 0 Å². The van der Waals surface area contributed by atoms with Crippen molar-refractivity contribution in [3.8, 4) is 0 Å². The Hall–Kier alpha value is -0.340. The minimum Gasteiger partial charge on any atom is -0.370 e. The second-order valence-corrected chi connectivity index (χ2v) is 4.59. The molecule has 0 saturated carbocycles. The van der Waals surface area contributed by atoms with Gasteiger partial charge in [-0.1, -0.05) is 13.8 Å². The number of rotatable bonds is 4. The Kier molecular flexibility index (Phi) is 2.70. The lowest BCUT2D eigenvalue weighted by atomic mass is 9.98. The molecule has 1 aliphatic heterocycles. The van der Waals surface area contributed by atoms with E-state index in [-0.39, 0.29) is 0 Å². The van der Waals surface area contributed by atoms with Crippen LogP contribution in [0.4, 0.5) is 0 Å². The van der Waals surface area contributed by atoms with Gasteiger partial charge in [-0.25, -0.2) is 0 Å². The van der Waals surface area contributed by atoms with Gasteiger partial charge in [0, 0.05) is 0 Å². The zero-order chi connectivity index (χ0) is 9.26. The summed E-state index contributed by atoms with van der Waals surface area (Å²) < 4.78 is 5.54. The highest BCUT2D eigenvalue weighted by atomic mass is 32.1. The summed E-state index contributed by atoms with van der Waals surface area (Å²) in [6.07, 6.45) is 3.46. The van der Waals surface area contributed by atoms with Crippen LogP contribution in [-0.2, 0) is 4.74 Å². The van der Waals surface area contributed by atoms with E-state index in [4.69, 9.17) is 4.74 Å². The lowest BCUT2D eigenvalue weighted by Gasteiger charge is -2.06. The number of epoxide rings is 1. The molecule has 0 amide bonds. The molecular formula is C11H16OS. The van der Waals surface area contributed by atoms with Crippen LogP contribution in [0.1, 0.15) is 38.2 Å². The molecule has 3 atom stereocenters. The summed E-state index contributed by atoms with van der Waals surface area (Å²) in [7, 11) is 0. The van der Waals surface area contributed by atoms with Crippen LogP contribution in [0.25, 0.3) is 0 Å². The second kappa shape index (κ2) is 3.81. The average Bonchev–Trinajstić information content (AvgIpc) is 2.68. The molecule has 0 bridgehead atoms. The molecule has 13 heavy (non-hydrogen) atoms. The molecule has 0 aromatic carbocycles. The number of hydrogen-bond acceptors (Lipinski definition) is 2. The number of hydrogen-bond donors (Lipinski definition) is 0. The topological polar surface area (TPSA) is 12.5 Å². The molecule has 1 aromatic rings. The van der Waals surface area contributed by atoms with Crippen LogP contribution in [0, 0.1) is 0 Å².